The number of hydrogen-bond acceptors (Lipinski definition) is 4. The Labute approximate surface area is 139 Å². The van der Waals surface area contributed by atoms with E-state index in [0.717, 1.165) is 37.4 Å². The second-order valence-corrected chi connectivity index (χ2v) is 6.93. The Kier molecular flexibility index (Phi) is 5.12. The van der Waals surface area contributed by atoms with E-state index < -0.39 is 0 Å². The van der Waals surface area contributed by atoms with Crippen LogP contribution in [0.15, 0.2) is 12.1 Å². The van der Waals surface area contributed by atoms with Crippen LogP contribution in [0.4, 0.5) is 0 Å². The SMILES string of the molecule is CCCCC1CN2CCc3c(ccc(OC)c3OC)C2CC1N. The number of nitrogens with two attached hydrogens (primary N) is 1. The Balaban J connectivity index is 1.85. The zero-order valence-corrected chi connectivity index (χ0v) is 14.7. The van der Waals surface area contributed by atoms with Crippen molar-refractivity contribution in [3.63, 3.8) is 0 Å². The number of methoxy groups -OCH3 is 2. The second-order valence-electron chi connectivity index (χ2n) is 6.93. The Hall–Kier alpha value is -1.26. The van der Waals surface area contributed by atoms with Gasteiger partial charge in [0.05, 0.1) is 14.2 Å². The molecule has 0 radical (unpaired) electrons. The lowest BCUT2D eigenvalue weighted by Gasteiger charge is -2.46. The minimum atomic E-state index is 0.307. The Morgan fingerprint density at radius 2 is 2.09 bits per heavy atom. The molecule has 1 fully saturated rings. The molecular formula is C19H30N2O2. The van der Waals surface area contributed by atoms with Crippen LogP contribution in [0, 0.1) is 5.92 Å². The van der Waals surface area contributed by atoms with Crippen molar-refractivity contribution in [3.8, 4) is 11.5 Å². The highest BCUT2D eigenvalue weighted by atomic mass is 16.5. The monoisotopic (exact) mass is 318 g/mol. The van der Waals surface area contributed by atoms with E-state index in [1.165, 1.54) is 30.4 Å². The van der Waals surface area contributed by atoms with Crippen LogP contribution in [0.1, 0.15) is 49.8 Å². The molecule has 128 valence electrons. The van der Waals surface area contributed by atoms with E-state index >= 15 is 0 Å². The molecule has 1 aromatic rings. The van der Waals surface area contributed by atoms with Gasteiger partial charge >= 0.3 is 0 Å². The molecular weight excluding hydrogens is 288 g/mol. The van der Waals surface area contributed by atoms with Crippen LogP contribution >= 0.6 is 0 Å². The first kappa shape index (κ1) is 16.6. The molecule has 2 heterocycles. The molecule has 0 aliphatic carbocycles. The van der Waals surface area contributed by atoms with E-state index in [4.69, 9.17) is 15.2 Å². The summed E-state index contributed by atoms with van der Waals surface area (Å²) in [5.74, 6) is 2.39. The molecule has 0 saturated carbocycles. The van der Waals surface area contributed by atoms with E-state index in [0.29, 0.717) is 18.0 Å². The van der Waals surface area contributed by atoms with Gasteiger partial charge in [0.2, 0.25) is 0 Å². The van der Waals surface area contributed by atoms with Crippen molar-refractivity contribution in [2.24, 2.45) is 11.7 Å². The average molecular weight is 318 g/mol. The van der Waals surface area contributed by atoms with Crippen molar-refractivity contribution < 1.29 is 9.47 Å². The number of unbranched alkanes of at least 4 members (excludes halogenated alkanes) is 1. The minimum absolute atomic E-state index is 0.307. The number of ether oxygens (including phenoxy) is 2. The maximum absolute atomic E-state index is 6.53. The summed E-state index contributed by atoms with van der Waals surface area (Å²) in [5.41, 5.74) is 9.23. The van der Waals surface area contributed by atoms with Crippen molar-refractivity contribution in [3.05, 3.63) is 23.3 Å². The van der Waals surface area contributed by atoms with Crippen LogP contribution in [0.5, 0.6) is 11.5 Å². The quantitative estimate of drug-likeness (QED) is 0.906. The third-order valence-corrected chi connectivity index (χ3v) is 5.63. The number of hydrogen-bond donors (Lipinski definition) is 1. The topological polar surface area (TPSA) is 47.7 Å². The maximum Gasteiger partial charge on any atom is 0.164 e. The zero-order valence-electron chi connectivity index (χ0n) is 14.7. The molecule has 2 N–H and O–H groups in total. The van der Waals surface area contributed by atoms with Crippen LogP contribution < -0.4 is 15.2 Å². The highest BCUT2D eigenvalue weighted by Gasteiger charge is 2.38. The van der Waals surface area contributed by atoms with Gasteiger partial charge in [-0.05, 0) is 36.8 Å². The first-order valence-electron chi connectivity index (χ1n) is 8.93. The fraction of sp³-hybridized carbons (Fsp3) is 0.684. The molecule has 23 heavy (non-hydrogen) atoms. The van der Waals surface area contributed by atoms with E-state index in [-0.39, 0.29) is 0 Å². The maximum atomic E-state index is 6.53. The summed E-state index contributed by atoms with van der Waals surface area (Å²) >= 11 is 0. The van der Waals surface area contributed by atoms with E-state index in [1.807, 2.05) is 6.07 Å². The fourth-order valence-electron chi connectivity index (χ4n) is 4.34. The van der Waals surface area contributed by atoms with E-state index in [2.05, 4.69) is 17.9 Å². The molecule has 2 aliphatic rings. The first-order valence-corrected chi connectivity index (χ1v) is 8.93. The molecule has 0 spiro atoms. The lowest BCUT2D eigenvalue weighted by atomic mass is 9.79. The van der Waals surface area contributed by atoms with Gasteiger partial charge in [-0.25, -0.2) is 0 Å². The van der Waals surface area contributed by atoms with Crippen molar-refractivity contribution in [2.45, 2.75) is 51.1 Å². The molecule has 4 heteroatoms. The largest absolute Gasteiger partial charge is 0.493 e. The first-order chi connectivity index (χ1) is 11.2. The van der Waals surface area contributed by atoms with Gasteiger partial charge in [-0.1, -0.05) is 25.8 Å². The standard InChI is InChI=1S/C19H30N2O2/c1-4-5-6-13-12-21-10-9-15-14(17(21)11-16(13)20)7-8-18(22-2)19(15)23-3/h7-8,13,16-17H,4-6,9-12,20H2,1-3H3. The number of fused-ring (bicyclic) bond motifs is 3. The zero-order chi connectivity index (χ0) is 16.4. The Morgan fingerprint density at radius 1 is 1.26 bits per heavy atom. The molecule has 3 rings (SSSR count). The summed E-state index contributed by atoms with van der Waals surface area (Å²) in [6, 6.07) is 5.00. The van der Waals surface area contributed by atoms with Gasteiger partial charge in [-0.15, -0.1) is 0 Å². The smallest absolute Gasteiger partial charge is 0.164 e. The van der Waals surface area contributed by atoms with E-state index in [1.54, 1.807) is 14.2 Å². The average Bonchev–Trinajstić information content (AvgIpc) is 2.58. The molecule has 0 bridgehead atoms. The summed E-state index contributed by atoms with van der Waals surface area (Å²) in [6.07, 6.45) is 5.89. The summed E-state index contributed by atoms with van der Waals surface area (Å²) in [5, 5.41) is 0. The Morgan fingerprint density at radius 3 is 2.78 bits per heavy atom. The van der Waals surface area contributed by atoms with Gasteiger partial charge in [0.25, 0.3) is 0 Å². The predicted molar refractivity (Wildman–Crippen MR) is 93.2 cm³/mol. The summed E-state index contributed by atoms with van der Waals surface area (Å²) in [7, 11) is 3.44. The van der Waals surface area contributed by atoms with Crippen LogP contribution in [0.3, 0.4) is 0 Å². The molecule has 3 atom stereocenters. The van der Waals surface area contributed by atoms with Crippen LogP contribution in [0.2, 0.25) is 0 Å². The van der Waals surface area contributed by atoms with Crippen molar-refractivity contribution in [1.29, 1.82) is 0 Å². The van der Waals surface area contributed by atoms with Crippen LogP contribution in [0.25, 0.3) is 0 Å². The molecule has 1 aromatic carbocycles. The van der Waals surface area contributed by atoms with Gasteiger partial charge in [-0.3, -0.25) is 4.90 Å². The van der Waals surface area contributed by atoms with Crippen molar-refractivity contribution in [2.75, 3.05) is 27.3 Å². The highest BCUT2D eigenvalue weighted by molar-refractivity contribution is 5.53. The molecule has 0 aromatic heterocycles. The number of rotatable bonds is 5. The summed E-state index contributed by atoms with van der Waals surface area (Å²) in [6.45, 7) is 4.49. The lowest BCUT2D eigenvalue weighted by molar-refractivity contribution is 0.0778. The third kappa shape index (κ3) is 3.07. The number of nitrogens with zero attached hydrogens (tertiary/aromatic N) is 1. The van der Waals surface area contributed by atoms with Crippen molar-refractivity contribution >= 4 is 0 Å². The lowest BCUT2D eigenvalue weighted by Crippen LogP contribution is -2.50. The summed E-state index contributed by atoms with van der Waals surface area (Å²) in [4.78, 5) is 2.64. The molecule has 0 amide bonds. The van der Waals surface area contributed by atoms with Gasteiger partial charge in [0.1, 0.15) is 0 Å². The fourth-order valence-corrected chi connectivity index (χ4v) is 4.34. The minimum Gasteiger partial charge on any atom is -0.493 e. The number of benzene rings is 1. The molecule has 3 unspecified atom stereocenters. The van der Waals surface area contributed by atoms with Gasteiger partial charge in [0, 0.05) is 30.7 Å². The third-order valence-electron chi connectivity index (χ3n) is 5.63. The number of piperidine rings is 1. The van der Waals surface area contributed by atoms with Gasteiger partial charge in [-0.2, -0.15) is 0 Å². The molecule has 2 aliphatic heterocycles. The predicted octanol–water partition coefficient (Wildman–Crippen LogP) is 3.14. The Bertz CT molecular complexity index is 546. The highest BCUT2D eigenvalue weighted by Crippen LogP contribution is 2.44. The van der Waals surface area contributed by atoms with E-state index in [9.17, 15) is 0 Å². The normalized spacial score (nSPS) is 27.2. The molecule has 1 saturated heterocycles. The van der Waals surface area contributed by atoms with Gasteiger partial charge < -0.3 is 15.2 Å². The van der Waals surface area contributed by atoms with Crippen molar-refractivity contribution in [1.82, 2.24) is 4.90 Å². The van der Waals surface area contributed by atoms with Crippen LogP contribution in [-0.4, -0.2) is 38.3 Å². The second kappa shape index (κ2) is 7.10. The summed E-state index contributed by atoms with van der Waals surface area (Å²) < 4.78 is 11.1. The van der Waals surface area contributed by atoms with Gasteiger partial charge in [0.15, 0.2) is 11.5 Å². The van der Waals surface area contributed by atoms with Crippen LogP contribution in [-0.2, 0) is 6.42 Å². The molecule has 4 nitrogen and oxygen atoms in total.